The quantitative estimate of drug-likeness (QED) is 0.369. The van der Waals surface area contributed by atoms with Crippen molar-refractivity contribution in [3.05, 3.63) is 101 Å². The molecule has 1 aromatic heterocycles. The highest BCUT2D eigenvalue weighted by molar-refractivity contribution is 7.98. The first kappa shape index (κ1) is 19.3. The van der Waals surface area contributed by atoms with E-state index >= 15 is 0 Å². The van der Waals surface area contributed by atoms with Crippen molar-refractivity contribution in [1.29, 1.82) is 0 Å². The Bertz CT molecular complexity index is 991. The van der Waals surface area contributed by atoms with Gasteiger partial charge in [0.1, 0.15) is 12.4 Å². The zero-order valence-electron chi connectivity index (χ0n) is 16.6. The number of hydrogen-bond acceptors (Lipinski definition) is 4. The minimum atomic E-state index is 0.357. The summed E-state index contributed by atoms with van der Waals surface area (Å²) < 4.78 is 8.04. The molecule has 4 nitrogen and oxygen atoms in total. The van der Waals surface area contributed by atoms with E-state index in [1.165, 1.54) is 16.7 Å². The van der Waals surface area contributed by atoms with Gasteiger partial charge in [-0.1, -0.05) is 77.5 Å². The lowest BCUT2D eigenvalue weighted by molar-refractivity contribution is 0.293. The normalized spacial score (nSPS) is 10.8. The summed E-state index contributed by atoms with van der Waals surface area (Å²) in [7, 11) is 0. The summed E-state index contributed by atoms with van der Waals surface area (Å²) in [4.78, 5) is 0. The predicted molar refractivity (Wildman–Crippen MR) is 118 cm³/mol. The van der Waals surface area contributed by atoms with Gasteiger partial charge in [0.25, 0.3) is 0 Å². The summed E-state index contributed by atoms with van der Waals surface area (Å²) in [5, 5.41) is 9.73. The van der Waals surface area contributed by atoms with Crippen molar-refractivity contribution in [1.82, 2.24) is 14.8 Å². The lowest BCUT2D eigenvalue weighted by atomic mass is 10.2. The summed E-state index contributed by atoms with van der Waals surface area (Å²) >= 11 is 1.68. The van der Waals surface area contributed by atoms with Crippen LogP contribution in [0.2, 0.25) is 0 Å². The van der Waals surface area contributed by atoms with Gasteiger partial charge in [-0.15, -0.1) is 10.2 Å². The number of rotatable bonds is 7. The molecule has 0 aliphatic carbocycles. The third kappa shape index (κ3) is 4.87. The third-order valence-corrected chi connectivity index (χ3v) is 5.59. The van der Waals surface area contributed by atoms with Gasteiger partial charge >= 0.3 is 0 Å². The van der Waals surface area contributed by atoms with Crippen molar-refractivity contribution >= 4 is 11.8 Å². The molecule has 1 heterocycles. The first-order chi connectivity index (χ1) is 14.2. The Morgan fingerprint density at radius 2 is 1.45 bits per heavy atom. The zero-order valence-corrected chi connectivity index (χ0v) is 17.4. The van der Waals surface area contributed by atoms with Crippen molar-refractivity contribution < 1.29 is 4.74 Å². The molecule has 0 saturated carbocycles. The molecule has 29 heavy (non-hydrogen) atoms. The monoisotopic (exact) mass is 401 g/mol. The van der Waals surface area contributed by atoms with E-state index in [-0.39, 0.29) is 0 Å². The van der Waals surface area contributed by atoms with E-state index in [9.17, 15) is 0 Å². The van der Waals surface area contributed by atoms with Gasteiger partial charge in [0.15, 0.2) is 11.0 Å². The Balaban J connectivity index is 1.56. The highest BCUT2D eigenvalue weighted by atomic mass is 32.2. The Hall–Kier alpha value is -3.05. The predicted octanol–water partition coefficient (Wildman–Crippen LogP) is 5.76. The highest BCUT2D eigenvalue weighted by Crippen LogP contribution is 2.26. The van der Waals surface area contributed by atoms with Crippen LogP contribution in [0.1, 0.15) is 22.5 Å². The molecular weight excluding hydrogens is 378 g/mol. The van der Waals surface area contributed by atoms with Gasteiger partial charge in [0.05, 0.1) is 0 Å². The summed E-state index contributed by atoms with van der Waals surface area (Å²) in [5.74, 6) is 2.44. The Kier molecular flexibility index (Phi) is 5.96. The van der Waals surface area contributed by atoms with Gasteiger partial charge in [-0.25, -0.2) is 0 Å². The number of ether oxygens (including phenoxy) is 1. The lowest BCUT2D eigenvalue weighted by Gasteiger charge is -2.11. The van der Waals surface area contributed by atoms with Crippen LogP contribution in [0.3, 0.4) is 0 Å². The van der Waals surface area contributed by atoms with Crippen LogP contribution in [0.5, 0.6) is 5.75 Å². The van der Waals surface area contributed by atoms with Crippen LogP contribution in [0, 0.1) is 13.8 Å². The van der Waals surface area contributed by atoms with Gasteiger partial charge in [-0.3, -0.25) is 4.57 Å². The summed E-state index contributed by atoms with van der Waals surface area (Å²) in [6, 6.07) is 26.8. The van der Waals surface area contributed by atoms with Gasteiger partial charge in [0, 0.05) is 11.4 Å². The molecule has 0 N–H and O–H groups in total. The summed E-state index contributed by atoms with van der Waals surface area (Å²) in [6.45, 7) is 4.52. The maximum absolute atomic E-state index is 5.97. The molecule has 3 aromatic carbocycles. The molecule has 146 valence electrons. The van der Waals surface area contributed by atoms with Crippen molar-refractivity contribution in [2.45, 2.75) is 31.4 Å². The Morgan fingerprint density at radius 3 is 2.14 bits per heavy atom. The van der Waals surface area contributed by atoms with Gasteiger partial charge in [-0.2, -0.15) is 0 Å². The van der Waals surface area contributed by atoms with E-state index in [0.717, 1.165) is 28.2 Å². The average molecular weight is 402 g/mol. The van der Waals surface area contributed by atoms with Crippen molar-refractivity contribution in [3.63, 3.8) is 0 Å². The van der Waals surface area contributed by atoms with E-state index in [1.807, 2.05) is 42.5 Å². The topological polar surface area (TPSA) is 39.9 Å². The second-order valence-corrected chi connectivity index (χ2v) is 7.89. The molecule has 0 atom stereocenters. The number of nitrogens with zero attached hydrogens (tertiary/aromatic N) is 3. The van der Waals surface area contributed by atoms with Crippen LogP contribution < -0.4 is 4.74 Å². The molecule has 0 aliphatic rings. The van der Waals surface area contributed by atoms with Crippen molar-refractivity contribution in [2.75, 3.05) is 0 Å². The van der Waals surface area contributed by atoms with Crippen LogP contribution in [0.4, 0.5) is 0 Å². The van der Waals surface area contributed by atoms with Crippen molar-refractivity contribution in [2.24, 2.45) is 0 Å². The maximum Gasteiger partial charge on any atom is 0.196 e. The fourth-order valence-corrected chi connectivity index (χ4v) is 3.86. The van der Waals surface area contributed by atoms with E-state index in [0.29, 0.717) is 6.61 Å². The van der Waals surface area contributed by atoms with Gasteiger partial charge in [-0.05, 0) is 43.7 Å². The van der Waals surface area contributed by atoms with Gasteiger partial charge in [0.2, 0.25) is 0 Å². The maximum atomic E-state index is 5.97. The standard InChI is InChI=1S/C24H23N3OS/c1-18-8-12-20(13-9-18)17-29-24-26-25-23(27(24)21-6-4-3-5-7-21)16-28-22-14-10-19(2)11-15-22/h3-15H,16-17H2,1-2H3. The Labute approximate surface area is 175 Å². The molecular formula is C24H23N3OS. The molecule has 0 radical (unpaired) electrons. The fraction of sp³-hybridized carbons (Fsp3) is 0.167. The zero-order chi connectivity index (χ0) is 20.1. The van der Waals surface area contributed by atoms with Crippen LogP contribution >= 0.6 is 11.8 Å². The first-order valence-corrected chi connectivity index (χ1v) is 10.5. The van der Waals surface area contributed by atoms with E-state index < -0.39 is 0 Å². The number of para-hydroxylation sites is 1. The number of aryl methyl sites for hydroxylation is 2. The largest absolute Gasteiger partial charge is 0.486 e. The van der Waals surface area contributed by atoms with Gasteiger partial charge < -0.3 is 4.74 Å². The minimum Gasteiger partial charge on any atom is -0.486 e. The number of thioether (sulfide) groups is 1. The van der Waals surface area contributed by atoms with Crippen LogP contribution in [-0.2, 0) is 12.4 Å². The third-order valence-electron chi connectivity index (χ3n) is 4.59. The van der Waals surface area contributed by atoms with Crippen molar-refractivity contribution in [3.8, 4) is 11.4 Å². The summed E-state index contributed by atoms with van der Waals surface area (Å²) in [5.41, 5.74) is 4.77. The van der Waals surface area contributed by atoms with E-state index in [1.54, 1.807) is 11.8 Å². The second-order valence-electron chi connectivity index (χ2n) is 6.95. The van der Waals surface area contributed by atoms with Crippen LogP contribution in [0.25, 0.3) is 5.69 Å². The SMILES string of the molecule is Cc1ccc(CSc2nnc(COc3ccc(C)cc3)n2-c2ccccc2)cc1. The minimum absolute atomic E-state index is 0.357. The molecule has 0 saturated heterocycles. The molecule has 0 aliphatic heterocycles. The molecule has 0 bridgehead atoms. The van der Waals surface area contributed by atoms with E-state index in [2.05, 4.69) is 65.0 Å². The number of aromatic nitrogens is 3. The number of hydrogen-bond donors (Lipinski definition) is 0. The summed E-state index contributed by atoms with van der Waals surface area (Å²) in [6.07, 6.45) is 0. The molecule has 4 aromatic rings. The molecule has 5 heteroatoms. The van der Waals surface area contributed by atoms with E-state index in [4.69, 9.17) is 4.74 Å². The average Bonchev–Trinajstić information content (AvgIpc) is 3.16. The second kappa shape index (κ2) is 8.97. The van der Waals surface area contributed by atoms with Crippen LogP contribution in [-0.4, -0.2) is 14.8 Å². The fourth-order valence-electron chi connectivity index (χ4n) is 2.94. The number of benzene rings is 3. The first-order valence-electron chi connectivity index (χ1n) is 9.56. The Morgan fingerprint density at radius 1 is 0.793 bits per heavy atom. The van der Waals surface area contributed by atoms with Crippen LogP contribution in [0.15, 0.2) is 84.0 Å². The smallest absolute Gasteiger partial charge is 0.196 e. The molecule has 0 unspecified atom stereocenters. The molecule has 0 amide bonds. The highest BCUT2D eigenvalue weighted by Gasteiger charge is 2.15. The molecule has 0 spiro atoms. The lowest BCUT2D eigenvalue weighted by Crippen LogP contribution is -2.06. The molecule has 4 rings (SSSR count). The molecule has 0 fully saturated rings.